The molecule has 90 valence electrons. The molecule has 0 amide bonds. The fraction of sp³-hybridized carbons (Fsp3) is 0.357. The summed E-state index contributed by atoms with van der Waals surface area (Å²) in [6.07, 6.45) is 0.794. The van der Waals surface area contributed by atoms with Gasteiger partial charge in [-0.3, -0.25) is 0 Å². The third-order valence-corrected chi connectivity index (χ3v) is 2.78. The third-order valence-electron chi connectivity index (χ3n) is 2.78. The highest BCUT2D eigenvalue weighted by atomic mass is 16.6. The van der Waals surface area contributed by atoms with E-state index >= 15 is 0 Å². The van der Waals surface area contributed by atoms with Crippen molar-refractivity contribution < 1.29 is 14.6 Å². The molecule has 3 nitrogen and oxygen atoms in total. The largest absolute Gasteiger partial charge is 0.512 e. The lowest BCUT2D eigenvalue weighted by Gasteiger charge is -2.30. The zero-order valence-corrected chi connectivity index (χ0v) is 10.1. The van der Waals surface area contributed by atoms with Crippen molar-refractivity contribution in [1.82, 2.24) is 0 Å². The summed E-state index contributed by atoms with van der Waals surface area (Å²) >= 11 is 0. The van der Waals surface area contributed by atoms with Crippen molar-refractivity contribution in [1.29, 1.82) is 0 Å². The molecule has 0 aliphatic carbocycles. The molecule has 3 heteroatoms. The number of hydrogen-bond donors (Lipinski definition) is 1. The van der Waals surface area contributed by atoms with Crippen LogP contribution in [-0.4, -0.2) is 16.7 Å². The summed E-state index contributed by atoms with van der Waals surface area (Å²) in [4.78, 5) is 11.8. The van der Waals surface area contributed by atoms with Gasteiger partial charge in [0, 0.05) is 12.8 Å². The van der Waals surface area contributed by atoms with Gasteiger partial charge < -0.3 is 9.84 Å². The Balaban J connectivity index is 2.24. The molecule has 17 heavy (non-hydrogen) atoms. The zero-order chi connectivity index (χ0) is 12.5. The van der Waals surface area contributed by atoms with E-state index in [0.29, 0.717) is 18.4 Å². The van der Waals surface area contributed by atoms with Crippen LogP contribution in [0.4, 0.5) is 0 Å². The Morgan fingerprint density at radius 3 is 2.53 bits per heavy atom. The first-order valence-electron chi connectivity index (χ1n) is 5.66. The van der Waals surface area contributed by atoms with Gasteiger partial charge >= 0.3 is 5.97 Å². The standard InChI is InChI=1S/C14H16O3/c1-14(2)9-12(15)11(13(16)17-14)8-10-6-4-3-5-7-10/h3-7,15H,8-9H2,1-2H3. The van der Waals surface area contributed by atoms with Crippen molar-refractivity contribution in [2.75, 3.05) is 0 Å². The van der Waals surface area contributed by atoms with Gasteiger partial charge in [-0.2, -0.15) is 0 Å². The molecule has 1 heterocycles. The highest BCUT2D eigenvalue weighted by Crippen LogP contribution is 2.29. The van der Waals surface area contributed by atoms with Crippen LogP contribution in [0.15, 0.2) is 41.7 Å². The minimum Gasteiger partial charge on any atom is -0.512 e. The molecule has 0 bridgehead atoms. The lowest BCUT2D eigenvalue weighted by atomic mass is 9.94. The van der Waals surface area contributed by atoms with Gasteiger partial charge in [-0.25, -0.2) is 4.79 Å². The number of aliphatic hydroxyl groups is 1. The number of benzene rings is 1. The summed E-state index contributed by atoms with van der Waals surface area (Å²) in [6.45, 7) is 3.58. The second-order valence-electron chi connectivity index (χ2n) is 4.91. The van der Waals surface area contributed by atoms with E-state index in [9.17, 15) is 9.90 Å². The van der Waals surface area contributed by atoms with Crippen LogP contribution in [0.25, 0.3) is 0 Å². The van der Waals surface area contributed by atoms with Crippen LogP contribution in [-0.2, 0) is 16.0 Å². The summed E-state index contributed by atoms with van der Waals surface area (Å²) in [7, 11) is 0. The summed E-state index contributed by atoms with van der Waals surface area (Å²) in [6, 6.07) is 9.58. The third kappa shape index (κ3) is 2.67. The fourth-order valence-electron chi connectivity index (χ4n) is 1.95. The van der Waals surface area contributed by atoms with E-state index in [2.05, 4.69) is 0 Å². The molecule has 0 saturated carbocycles. The quantitative estimate of drug-likeness (QED) is 0.797. The maximum absolute atomic E-state index is 11.8. The average Bonchev–Trinajstić information content (AvgIpc) is 2.24. The second kappa shape index (κ2) is 4.24. The molecule has 0 spiro atoms. The van der Waals surface area contributed by atoms with Crippen LogP contribution >= 0.6 is 0 Å². The monoisotopic (exact) mass is 232 g/mol. The number of aliphatic hydroxyl groups excluding tert-OH is 1. The number of rotatable bonds is 2. The zero-order valence-electron chi connectivity index (χ0n) is 10.1. The number of carbonyl (C=O) groups excluding carboxylic acids is 1. The SMILES string of the molecule is CC1(C)CC(O)=C(Cc2ccccc2)C(=O)O1. The minimum atomic E-state index is -0.610. The molecule has 1 aliphatic heterocycles. The van der Waals surface area contributed by atoms with Gasteiger partial charge in [0.25, 0.3) is 0 Å². The Hall–Kier alpha value is -1.77. The van der Waals surface area contributed by atoms with E-state index in [4.69, 9.17) is 4.74 Å². The number of carbonyl (C=O) groups is 1. The van der Waals surface area contributed by atoms with Crippen LogP contribution < -0.4 is 0 Å². The highest BCUT2D eigenvalue weighted by Gasteiger charge is 2.34. The molecule has 1 aromatic carbocycles. The van der Waals surface area contributed by atoms with Gasteiger partial charge in [0.1, 0.15) is 11.4 Å². The molecule has 0 atom stereocenters. The Labute approximate surface area is 101 Å². The number of cyclic esters (lactones) is 1. The molecule has 2 rings (SSSR count). The summed E-state index contributed by atoms with van der Waals surface area (Å²) in [5, 5.41) is 9.92. The maximum Gasteiger partial charge on any atom is 0.338 e. The lowest BCUT2D eigenvalue weighted by molar-refractivity contribution is -0.154. The van der Waals surface area contributed by atoms with Crippen LogP contribution in [0, 0.1) is 0 Å². The Morgan fingerprint density at radius 1 is 1.29 bits per heavy atom. The molecule has 0 radical (unpaired) electrons. The van der Waals surface area contributed by atoms with Gasteiger partial charge in [0.15, 0.2) is 0 Å². The predicted molar refractivity (Wildman–Crippen MR) is 64.6 cm³/mol. The molecule has 1 N–H and O–H groups in total. The van der Waals surface area contributed by atoms with E-state index < -0.39 is 11.6 Å². The van der Waals surface area contributed by atoms with Gasteiger partial charge in [-0.15, -0.1) is 0 Å². The van der Waals surface area contributed by atoms with Gasteiger partial charge in [0.05, 0.1) is 5.57 Å². The van der Waals surface area contributed by atoms with Crippen LogP contribution in [0.1, 0.15) is 25.8 Å². The first-order chi connectivity index (χ1) is 7.98. The number of ether oxygens (including phenoxy) is 1. The van der Waals surface area contributed by atoms with Crippen molar-refractivity contribution >= 4 is 5.97 Å². The van der Waals surface area contributed by atoms with E-state index in [1.165, 1.54) is 0 Å². The predicted octanol–water partition coefficient (Wildman–Crippen LogP) is 2.77. The van der Waals surface area contributed by atoms with Crippen molar-refractivity contribution in [3.63, 3.8) is 0 Å². The van der Waals surface area contributed by atoms with E-state index in [0.717, 1.165) is 5.56 Å². The molecule has 1 aromatic rings. The molecule has 0 fully saturated rings. The second-order valence-corrected chi connectivity index (χ2v) is 4.91. The maximum atomic E-state index is 11.8. The van der Waals surface area contributed by atoms with Crippen LogP contribution in [0.2, 0.25) is 0 Å². The van der Waals surface area contributed by atoms with Crippen LogP contribution in [0.5, 0.6) is 0 Å². The van der Waals surface area contributed by atoms with Crippen molar-refractivity contribution in [2.24, 2.45) is 0 Å². The molecular weight excluding hydrogens is 216 g/mol. The number of esters is 1. The topological polar surface area (TPSA) is 46.5 Å². The summed E-state index contributed by atoms with van der Waals surface area (Å²) in [5.74, 6) is -0.266. The highest BCUT2D eigenvalue weighted by molar-refractivity contribution is 5.90. The van der Waals surface area contributed by atoms with Crippen molar-refractivity contribution in [3.05, 3.63) is 47.2 Å². The molecular formula is C14H16O3. The minimum absolute atomic E-state index is 0.148. The Morgan fingerprint density at radius 2 is 1.94 bits per heavy atom. The van der Waals surface area contributed by atoms with Crippen molar-refractivity contribution in [3.8, 4) is 0 Å². The lowest BCUT2D eigenvalue weighted by Crippen LogP contribution is -2.35. The molecule has 0 saturated heterocycles. The summed E-state index contributed by atoms with van der Waals surface area (Å²) < 4.78 is 5.27. The van der Waals surface area contributed by atoms with Gasteiger partial charge in [-0.05, 0) is 19.4 Å². The van der Waals surface area contributed by atoms with Crippen LogP contribution in [0.3, 0.4) is 0 Å². The first-order valence-corrected chi connectivity index (χ1v) is 5.66. The van der Waals surface area contributed by atoms with Gasteiger partial charge in [-0.1, -0.05) is 30.3 Å². The molecule has 0 unspecified atom stereocenters. The molecule has 1 aliphatic rings. The van der Waals surface area contributed by atoms with E-state index in [-0.39, 0.29) is 5.76 Å². The summed E-state index contributed by atoms with van der Waals surface area (Å²) in [5.41, 5.74) is 0.752. The Kier molecular flexibility index (Phi) is 2.92. The van der Waals surface area contributed by atoms with E-state index in [1.54, 1.807) is 13.8 Å². The molecule has 0 aromatic heterocycles. The van der Waals surface area contributed by atoms with Crippen molar-refractivity contribution in [2.45, 2.75) is 32.3 Å². The fourth-order valence-corrected chi connectivity index (χ4v) is 1.95. The average molecular weight is 232 g/mol. The van der Waals surface area contributed by atoms with E-state index in [1.807, 2.05) is 30.3 Å². The number of hydrogen-bond acceptors (Lipinski definition) is 3. The smallest absolute Gasteiger partial charge is 0.338 e. The first kappa shape index (κ1) is 11.7. The Bertz CT molecular complexity index is 458. The van der Waals surface area contributed by atoms with Gasteiger partial charge in [0.2, 0.25) is 0 Å². The normalized spacial score (nSPS) is 19.1.